The first kappa shape index (κ1) is 12.8. The number of hydrogen-bond donors (Lipinski definition) is 2. The van der Waals surface area contributed by atoms with Gasteiger partial charge in [-0.3, -0.25) is 4.79 Å². The lowest BCUT2D eigenvalue weighted by Gasteiger charge is -2.17. The Morgan fingerprint density at radius 1 is 1.62 bits per heavy atom. The normalized spacial score (nSPS) is 15.1. The molecule has 0 aliphatic heterocycles. The molecule has 0 heterocycles. The number of carbonyl (C=O) groups excluding carboxylic acids is 1. The van der Waals surface area contributed by atoms with Crippen molar-refractivity contribution in [2.24, 2.45) is 11.7 Å². The van der Waals surface area contributed by atoms with Gasteiger partial charge in [-0.2, -0.15) is 11.8 Å². The van der Waals surface area contributed by atoms with Crippen LogP contribution in [0.4, 0.5) is 0 Å². The first-order valence-corrected chi connectivity index (χ1v) is 6.04. The van der Waals surface area contributed by atoms with Crippen LogP contribution in [0.5, 0.6) is 0 Å². The van der Waals surface area contributed by atoms with Gasteiger partial charge in [-0.05, 0) is 19.6 Å². The second-order valence-electron chi connectivity index (χ2n) is 3.21. The van der Waals surface area contributed by atoms with E-state index < -0.39 is 0 Å². The van der Waals surface area contributed by atoms with Crippen LogP contribution in [0.2, 0.25) is 0 Å². The summed E-state index contributed by atoms with van der Waals surface area (Å²) in [5.74, 6) is 1.02. The summed E-state index contributed by atoms with van der Waals surface area (Å²) in [6.07, 6.45) is 2.84. The summed E-state index contributed by atoms with van der Waals surface area (Å²) in [7, 11) is 0. The van der Waals surface area contributed by atoms with Crippen LogP contribution in [0.15, 0.2) is 0 Å². The highest BCUT2D eigenvalue weighted by molar-refractivity contribution is 7.98. The fourth-order valence-corrected chi connectivity index (χ4v) is 1.69. The van der Waals surface area contributed by atoms with E-state index in [-0.39, 0.29) is 17.9 Å². The third-order valence-electron chi connectivity index (χ3n) is 1.95. The quantitative estimate of drug-likeness (QED) is 0.674. The molecule has 0 aromatic rings. The maximum absolute atomic E-state index is 11.5. The lowest BCUT2D eigenvalue weighted by atomic mass is 10.1. The van der Waals surface area contributed by atoms with E-state index in [9.17, 15) is 4.79 Å². The smallest absolute Gasteiger partial charge is 0.224 e. The SMILES string of the molecule is CCC(CN)C(=O)NC(C)CSC. The van der Waals surface area contributed by atoms with Gasteiger partial charge in [0, 0.05) is 24.3 Å². The van der Waals surface area contributed by atoms with E-state index in [1.807, 2.05) is 20.1 Å². The van der Waals surface area contributed by atoms with Crippen molar-refractivity contribution in [3.05, 3.63) is 0 Å². The molecule has 0 aromatic carbocycles. The summed E-state index contributed by atoms with van der Waals surface area (Å²) in [4.78, 5) is 11.5. The second kappa shape index (κ2) is 7.21. The van der Waals surface area contributed by atoms with Gasteiger partial charge < -0.3 is 11.1 Å². The highest BCUT2D eigenvalue weighted by Crippen LogP contribution is 2.02. The van der Waals surface area contributed by atoms with E-state index in [0.717, 1.165) is 12.2 Å². The van der Waals surface area contributed by atoms with Gasteiger partial charge in [0.15, 0.2) is 0 Å². The Balaban J connectivity index is 3.83. The first-order chi connectivity index (χ1) is 6.15. The number of amides is 1. The summed E-state index contributed by atoms with van der Waals surface area (Å²) in [6.45, 7) is 4.43. The van der Waals surface area contributed by atoms with Crippen LogP contribution >= 0.6 is 11.8 Å². The van der Waals surface area contributed by atoms with Crippen molar-refractivity contribution in [3.63, 3.8) is 0 Å². The zero-order valence-electron chi connectivity index (χ0n) is 8.67. The molecule has 0 radical (unpaired) electrons. The Bertz CT molecular complexity index is 149. The molecular formula is C9H20N2OS. The summed E-state index contributed by atoms with van der Waals surface area (Å²) in [5, 5.41) is 2.94. The highest BCUT2D eigenvalue weighted by atomic mass is 32.2. The summed E-state index contributed by atoms with van der Waals surface area (Å²) in [6, 6.07) is 0.239. The summed E-state index contributed by atoms with van der Waals surface area (Å²) in [5.41, 5.74) is 5.47. The predicted molar refractivity (Wildman–Crippen MR) is 58.8 cm³/mol. The van der Waals surface area contributed by atoms with E-state index in [1.54, 1.807) is 11.8 Å². The Morgan fingerprint density at radius 2 is 2.23 bits per heavy atom. The highest BCUT2D eigenvalue weighted by Gasteiger charge is 2.15. The summed E-state index contributed by atoms with van der Waals surface area (Å²) >= 11 is 1.73. The molecule has 4 heteroatoms. The largest absolute Gasteiger partial charge is 0.353 e. The van der Waals surface area contributed by atoms with Crippen LogP contribution in [0.25, 0.3) is 0 Å². The standard InChI is InChI=1S/C9H20N2OS/c1-4-8(5-10)9(12)11-7(2)6-13-3/h7-8H,4-6,10H2,1-3H3,(H,11,12). The third kappa shape index (κ3) is 5.16. The monoisotopic (exact) mass is 204 g/mol. The molecule has 0 saturated carbocycles. The van der Waals surface area contributed by atoms with Crippen LogP contribution < -0.4 is 11.1 Å². The minimum atomic E-state index is -0.0238. The number of thioether (sulfide) groups is 1. The second-order valence-corrected chi connectivity index (χ2v) is 4.12. The number of hydrogen-bond acceptors (Lipinski definition) is 3. The molecule has 0 fully saturated rings. The van der Waals surface area contributed by atoms with E-state index in [4.69, 9.17) is 5.73 Å². The maximum Gasteiger partial charge on any atom is 0.224 e. The molecule has 0 saturated heterocycles. The molecule has 0 spiro atoms. The van der Waals surface area contributed by atoms with Crippen molar-refractivity contribution >= 4 is 17.7 Å². The molecule has 2 atom stereocenters. The van der Waals surface area contributed by atoms with Gasteiger partial charge in [-0.15, -0.1) is 0 Å². The van der Waals surface area contributed by atoms with Crippen molar-refractivity contribution in [1.82, 2.24) is 5.32 Å². The van der Waals surface area contributed by atoms with Gasteiger partial charge in [0.1, 0.15) is 0 Å². The van der Waals surface area contributed by atoms with Crippen molar-refractivity contribution in [2.45, 2.75) is 26.3 Å². The van der Waals surface area contributed by atoms with Gasteiger partial charge in [0.2, 0.25) is 5.91 Å². The maximum atomic E-state index is 11.5. The van der Waals surface area contributed by atoms with Crippen LogP contribution in [-0.4, -0.2) is 30.5 Å². The fraction of sp³-hybridized carbons (Fsp3) is 0.889. The zero-order chi connectivity index (χ0) is 10.3. The van der Waals surface area contributed by atoms with Crippen molar-refractivity contribution in [1.29, 1.82) is 0 Å². The molecule has 0 aliphatic carbocycles. The van der Waals surface area contributed by atoms with E-state index in [2.05, 4.69) is 5.32 Å². The fourth-order valence-electron chi connectivity index (χ4n) is 1.11. The molecule has 0 rings (SSSR count). The molecule has 0 aromatic heterocycles. The molecule has 3 N–H and O–H groups in total. The number of rotatable bonds is 6. The average molecular weight is 204 g/mol. The Hall–Kier alpha value is -0.220. The molecule has 1 amide bonds. The van der Waals surface area contributed by atoms with Gasteiger partial charge in [0.05, 0.1) is 0 Å². The van der Waals surface area contributed by atoms with Crippen molar-refractivity contribution in [2.75, 3.05) is 18.6 Å². The Morgan fingerprint density at radius 3 is 2.62 bits per heavy atom. The average Bonchev–Trinajstić information content (AvgIpc) is 2.06. The van der Waals surface area contributed by atoms with Crippen molar-refractivity contribution in [3.8, 4) is 0 Å². The molecule has 0 bridgehead atoms. The first-order valence-electron chi connectivity index (χ1n) is 4.65. The predicted octanol–water partition coefficient (Wildman–Crippen LogP) is 0.839. The number of nitrogens with two attached hydrogens (primary N) is 1. The molecule has 13 heavy (non-hydrogen) atoms. The van der Waals surface area contributed by atoms with Gasteiger partial charge in [-0.1, -0.05) is 6.92 Å². The lowest BCUT2D eigenvalue weighted by Crippen LogP contribution is -2.40. The van der Waals surface area contributed by atoms with Gasteiger partial charge >= 0.3 is 0 Å². The van der Waals surface area contributed by atoms with Crippen LogP contribution in [0, 0.1) is 5.92 Å². The zero-order valence-corrected chi connectivity index (χ0v) is 9.49. The van der Waals surface area contributed by atoms with E-state index in [1.165, 1.54) is 0 Å². The topological polar surface area (TPSA) is 55.1 Å². The Kier molecular flexibility index (Phi) is 7.09. The third-order valence-corrected chi connectivity index (χ3v) is 2.79. The molecular weight excluding hydrogens is 184 g/mol. The molecule has 3 nitrogen and oxygen atoms in total. The molecule has 78 valence electrons. The van der Waals surface area contributed by atoms with Gasteiger partial charge in [0.25, 0.3) is 0 Å². The van der Waals surface area contributed by atoms with Gasteiger partial charge in [-0.25, -0.2) is 0 Å². The number of carbonyl (C=O) groups is 1. The molecule has 2 unspecified atom stereocenters. The van der Waals surface area contributed by atoms with Crippen molar-refractivity contribution < 1.29 is 4.79 Å². The molecule has 0 aliphatic rings. The minimum absolute atomic E-state index is 0.0238. The summed E-state index contributed by atoms with van der Waals surface area (Å²) < 4.78 is 0. The van der Waals surface area contributed by atoms with Crippen LogP contribution in [0.3, 0.4) is 0 Å². The lowest BCUT2D eigenvalue weighted by molar-refractivity contribution is -0.125. The van der Waals surface area contributed by atoms with Crippen LogP contribution in [-0.2, 0) is 4.79 Å². The van der Waals surface area contributed by atoms with E-state index >= 15 is 0 Å². The Labute approximate surface area is 84.8 Å². The minimum Gasteiger partial charge on any atom is -0.353 e. The van der Waals surface area contributed by atoms with Crippen LogP contribution in [0.1, 0.15) is 20.3 Å². The van der Waals surface area contributed by atoms with E-state index in [0.29, 0.717) is 6.54 Å². The number of nitrogens with one attached hydrogen (secondary N) is 1.